The summed E-state index contributed by atoms with van der Waals surface area (Å²) in [5.74, 6) is 2.47. The molecule has 1 atom stereocenters. The van der Waals surface area contributed by atoms with Gasteiger partial charge in [-0.3, -0.25) is 0 Å². The molecule has 0 spiro atoms. The lowest BCUT2D eigenvalue weighted by atomic mass is 10.1. The summed E-state index contributed by atoms with van der Waals surface area (Å²) in [6, 6.07) is 3.88. The van der Waals surface area contributed by atoms with Gasteiger partial charge < -0.3 is 14.9 Å². The van der Waals surface area contributed by atoms with Crippen LogP contribution in [0.2, 0.25) is 0 Å². The third kappa shape index (κ3) is 4.37. The summed E-state index contributed by atoms with van der Waals surface area (Å²) < 4.78 is 11.2. The lowest BCUT2D eigenvalue weighted by molar-refractivity contribution is 0.0397. The molecule has 0 aliphatic carbocycles. The van der Waals surface area contributed by atoms with Gasteiger partial charge in [0.25, 0.3) is 0 Å². The molecule has 0 aliphatic rings. The molecule has 0 aromatic carbocycles. The van der Waals surface area contributed by atoms with Gasteiger partial charge in [0.2, 0.25) is 0 Å². The second-order valence-electron chi connectivity index (χ2n) is 4.58. The molecule has 1 rings (SSSR count). The molecule has 16 heavy (non-hydrogen) atoms. The fourth-order valence-electron chi connectivity index (χ4n) is 1.61. The van der Waals surface area contributed by atoms with Crippen molar-refractivity contribution in [2.45, 2.75) is 39.7 Å². The van der Waals surface area contributed by atoms with Crippen LogP contribution in [0.5, 0.6) is 0 Å². The average molecular weight is 225 g/mol. The first-order valence-corrected chi connectivity index (χ1v) is 6.01. The molecule has 1 aromatic rings. The number of rotatable bonds is 7. The molecule has 3 nitrogen and oxygen atoms in total. The van der Waals surface area contributed by atoms with E-state index in [0.29, 0.717) is 6.54 Å². The highest BCUT2D eigenvalue weighted by Gasteiger charge is 2.13. The lowest BCUT2D eigenvalue weighted by Crippen LogP contribution is -2.16. The Morgan fingerprint density at radius 2 is 2.12 bits per heavy atom. The van der Waals surface area contributed by atoms with Crippen molar-refractivity contribution in [2.75, 3.05) is 13.2 Å². The van der Waals surface area contributed by atoms with E-state index in [0.717, 1.165) is 30.5 Å². The fourth-order valence-corrected chi connectivity index (χ4v) is 1.61. The molecule has 0 radical (unpaired) electrons. The smallest absolute Gasteiger partial charge is 0.134 e. The fraction of sp³-hybridized carbons (Fsp3) is 0.692. The van der Waals surface area contributed by atoms with Gasteiger partial charge in [0.1, 0.15) is 17.6 Å². The number of ether oxygens (including phenoxy) is 1. The second-order valence-corrected chi connectivity index (χ2v) is 4.58. The zero-order valence-corrected chi connectivity index (χ0v) is 10.5. The summed E-state index contributed by atoms with van der Waals surface area (Å²) >= 11 is 0. The Morgan fingerprint density at radius 1 is 1.38 bits per heavy atom. The van der Waals surface area contributed by atoms with E-state index in [1.165, 1.54) is 6.42 Å². The van der Waals surface area contributed by atoms with Crippen LogP contribution < -0.4 is 5.73 Å². The Kier molecular flexibility index (Phi) is 5.56. The number of aryl methyl sites for hydroxylation is 1. The molecule has 92 valence electrons. The maximum atomic E-state index is 5.72. The van der Waals surface area contributed by atoms with Crippen molar-refractivity contribution in [1.29, 1.82) is 0 Å². The van der Waals surface area contributed by atoms with E-state index in [2.05, 4.69) is 13.8 Å². The SMILES string of the molecule is Cc1ccc(C(CN)OCCCC(C)C)o1. The molecular weight excluding hydrogens is 202 g/mol. The van der Waals surface area contributed by atoms with Gasteiger partial charge in [-0.15, -0.1) is 0 Å². The Balaban J connectivity index is 2.32. The van der Waals surface area contributed by atoms with Gasteiger partial charge in [-0.25, -0.2) is 0 Å². The minimum atomic E-state index is -0.0964. The van der Waals surface area contributed by atoms with E-state index in [9.17, 15) is 0 Å². The number of nitrogens with two attached hydrogens (primary N) is 1. The number of furan rings is 1. The number of hydrogen-bond donors (Lipinski definition) is 1. The Morgan fingerprint density at radius 3 is 2.62 bits per heavy atom. The summed E-state index contributed by atoms with van der Waals surface area (Å²) in [4.78, 5) is 0. The molecule has 0 saturated carbocycles. The highest BCUT2D eigenvalue weighted by molar-refractivity contribution is 5.08. The normalized spacial score (nSPS) is 13.3. The molecule has 1 aromatic heterocycles. The van der Waals surface area contributed by atoms with Crippen LogP contribution in [-0.2, 0) is 4.74 Å². The quantitative estimate of drug-likeness (QED) is 0.725. The van der Waals surface area contributed by atoms with Crippen molar-refractivity contribution in [1.82, 2.24) is 0 Å². The van der Waals surface area contributed by atoms with Gasteiger partial charge in [0.05, 0.1) is 0 Å². The first-order chi connectivity index (χ1) is 7.63. The average Bonchev–Trinajstić information content (AvgIpc) is 2.64. The summed E-state index contributed by atoms with van der Waals surface area (Å²) in [7, 11) is 0. The second kappa shape index (κ2) is 6.71. The Labute approximate surface area is 98.0 Å². The molecular formula is C13H23NO2. The summed E-state index contributed by atoms with van der Waals surface area (Å²) in [5, 5.41) is 0. The maximum absolute atomic E-state index is 5.72. The Hall–Kier alpha value is -0.800. The molecule has 0 saturated heterocycles. The topological polar surface area (TPSA) is 48.4 Å². The van der Waals surface area contributed by atoms with Crippen molar-refractivity contribution in [3.63, 3.8) is 0 Å². The monoisotopic (exact) mass is 225 g/mol. The van der Waals surface area contributed by atoms with Gasteiger partial charge in [0, 0.05) is 13.2 Å². The predicted octanol–water partition coefficient (Wildman–Crippen LogP) is 3.04. The van der Waals surface area contributed by atoms with Crippen molar-refractivity contribution >= 4 is 0 Å². The summed E-state index contributed by atoms with van der Waals surface area (Å²) in [6.07, 6.45) is 2.17. The summed E-state index contributed by atoms with van der Waals surface area (Å²) in [5.41, 5.74) is 5.67. The van der Waals surface area contributed by atoms with Crippen molar-refractivity contribution in [3.05, 3.63) is 23.7 Å². The van der Waals surface area contributed by atoms with Crippen LogP contribution in [0.25, 0.3) is 0 Å². The minimum Gasteiger partial charge on any atom is -0.464 e. The summed E-state index contributed by atoms with van der Waals surface area (Å²) in [6.45, 7) is 7.58. The third-order valence-electron chi connectivity index (χ3n) is 2.54. The maximum Gasteiger partial charge on any atom is 0.134 e. The highest BCUT2D eigenvalue weighted by Crippen LogP contribution is 2.19. The zero-order chi connectivity index (χ0) is 12.0. The van der Waals surface area contributed by atoms with Crippen LogP contribution >= 0.6 is 0 Å². The minimum absolute atomic E-state index is 0.0964. The van der Waals surface area contributed by atoms with Gasteiger partial charge in [-0.1, -0.05) is 13.8 Å². The van der Waals surface area contributed by atoms with Crippen LogP contribution in [-0.4, -0.2) is 13.2 Å². The van der Waals surface area contributed by atoms with Crippen LogP contribution in [0.1, 0.15) is 44.3 Å². The molecule has 0 aliphatic heterocycles. The van der Waals surface area contributed by atoms with Gasteiger partial charge in [-0.05, 0) is 37.8 Å². The van der Waals surface area contributed by atoms with E-state index < -0.39 is 0 Å². The lowest BCUT2D eigenvalue weighted by Gasteiger charge is -2.14. The van der Waals surface area contributed by atoms with E-state index in [1.807, 2.05) is 19.1 Å². The van der Waals surface area contributed by atoms with Crippen molar-refractivity contribution < 1.29 is 9.15 Å². The predicted molar refractivity (Wildman–Crippen MR) is 65.3 cm³/mol. The molecule has 2 N–H and O–H groups in total. The number of hydrogen-bond acceptors (Lipinski definition) is 3. The first-order valence-electron chi connectivity index (χ1n) is 6.01. The first kappa shape index (κ1) is 13.3. The van der Waals surface area contributed by atoms with Crippen LogP contribution in [0, 0.1) is 12.8 Å². The van der Waals surface area contributed by atoms with E-state index in [1.54, 1.807) is 0 Å². The molecule has 1 heterocycles. The van der Waals surface area contributed by atoms with E-state index >= 15 is 0 Å². The largest absolute Gasteiger partial charge is 0.464 e. The molecule has 0 amide bonds. The van der Waals surface area contributed by atoms with Gasteiger partial charge in [0.15, 0.2) is 0 Å². The van der Waals surface area contributed by atoms with Crippen LogP contribution in [0.4, 0.5) is 0 Å². The Bertz CT molecular complexity index is 294. The van der Waals surface area contributed by atoms with E-state index in [4.69, 9.17) is 14.9 Å². The standard InChI is InChI=1S/C13H23NO2/c1-10(2)5-4-8-15-13(9-14)12-7-6-11(3)16-12/h6-7,10,13H,4-5,8-9,14H2,1-3H3. The molecule has 1 unspecified atom stereocenters. The molecule has 0 bridgehead atoms. The van der Waals surface area contributed by atoms with Crippen molar-refractivity contribution in [2.24, 2.45) is 11.7 Å². The molecule has 3 heteroatoms. The van der Waals surface area contributed by atoms with Gasteiger partial charge in [-0.2, -0.15) is 0 Å². The van der Waals surface area contributed by atoms with E-state index in [-0.39, 0.29) is 6.10 Å². The van der Waals surface area contributed by atoms with Crippen molar-refractivity contribution in [3.8, 4) is 0 Å². The third-order valence-corrected chi connectivity index (χ3v) is 2.54. The highest BCUT2D eigenvalue weighted by atomic mass is 16.5. The molecule has 0 fully saturated rings. The van der Waals surface area contributed by atoms with Crippen LogP contribution in [0.15, 0.2) is 16.5 Å². The van der Waals surface area contributed by atoms with Gasteiger partial charge >= 0.3 is 0 Å². The zero-order valence-electron chi connectivity index (χ0n) is 10.5. The van der Waals surface area contributed by atoms with Crippen LogP contribution in [0.3, 0.4) is 0 Å².